The Morgan fingerprint density at radius 1 is 1.53 bits per heavy atom. The third-order valence-corrected chi connectivity index (χ3v) is 3.56. The summed E-state index contributed by atoms with van der Waals surface area (Å²) in [6.07, 6.45) is 1.85. The largest absolute Gasteiger partial charge is 0.481 e. The minimum atomic E-state index is -0.740. The zero-order chi connectivity index (χ0) is 14.3. The first-order valence-electron chi connectivity index (χ1n) is 6.18. The van der Waals surface area contributed by atoms with Crippen LogP contribution in [0.5, 0.6) is 0 Å². The van der Waals surface area contributed by atoms with Gasteiger partial charge >= 0.3 is 5.97 Å². The highest BCUT2D eigenvalue weighted by Gasteiger charge is 2.05. The van der Waals surface area contributed by atoms with Gasteiger partial charge in [0, 0.05) is 23.1 Å². The maximum Gasteiger partial charge on any atom is 0.303 e. The van der Waals surface area contributed by atoms with E-state index < -0.39 is 5.97 Å². The lowest BCUT2D eigenvalue weighted by molar-refractivity contribution is -0.137. The van der Waals surface area contributed by atoms with Gasteiger partial charge in [-0.05, 0) is 52.9 Å². The molecule has 0 aromatic heterocycles. The number of benzene rings is 1. The van der Waals surface area contributed by atoms with Crippen LogP contribution in [0, 0.1) is 17.2 Å². The predicted octanol–water partition coefficient (Wildman–Crippen LogP) is 3.62. The molecule has 2 N–H and O–H groups in total. The van der Waals surface area contributed by atoms with E-state index in [1.165, 1.54) is 0 Å². The number of nitrogens with zero attached hydrogens (tertiary/aromatic N) is 1. The van der Waals surface area contributed by atoms with Crippen molar-refractivity contribution in [2.45, 2.75) is 26.2 Å². The van der Waals surface area contributed by atoms with Crippen LogP contribution in [-0.4, -0.2) is 17.6 Å². The van der Waals surface area contributed by atoms with E-state index in [1.54, 1.807) is 6.07 Å². The van der Waals surface area contributed by atoms with E-state index in [2.05, 4.69) is 34.2 Å². The van der Waals surface area contributed by atoms with Gasteiger partial charge in [0.1, 0.15) is 6.07 Å². The Kier molecular flexibility index (Phi) is 6.37. The fourth-order valence-corrected chi connectivity index (χ4v) is 2.16. The van der Waals surface area contributed by atoms with Gasteiger partial charge in [0.2, 0.25) is 0 Å². The van der Waals surface area contributed by atoms with Crippen LogP contribution in [0.2, 0.25) is 0 Å². The van der Waals surface area contributed by atoms with Crippen LogP contribution in [0.1, 0.15) is 31.7 Å². The lowest BCUT2D eigenvalue weighted by Gasteiger charge is -2.12. The first-order chi connectivity index (χ1) is 9.02. The molecule has 0 fully saturated rings. The van der Waals surface area contributed by atoms with E-state index in [0.29, 0.717) is 17.9 Å². The number of carboxylic acid groups (broad SMARTS) is 1. The molecule has 0 amide bonds. The van der Waals surface area contributed by atoms with Crippen LogP contribution >= 0.6 is 15.9 Å². The molecule has 0 aliphatic carbocycles. The van der Waals surface area contributed by atoms with E-state index in [1.807, 2.05) is 12.1 Å². The van der Waals surface area contributed by atoms with Crippen LogP contribution in [0.3, 0.4) is 0 Å². The van der Waals surface area contributed by atoms with Crippen molar-refractivity contribution in [2.75, 3.05) is 11.9 Å². The summed E-state index contributed by atoms with van der Waals surface area (Å²) in [6, 6.07) is 7.60. The summed E-state index contributed by atoms with van der Waals surface area (Å²) in [7, 11) is 0. The number of carbonyl (C=O) groups is 1. The molecule has 5 heteroatoms. The van der Waals surface area contributed by atoms with Crippen LogP contribution < -0.4 is 5.32 Å². The SMILES string of the molecule is CC(CCNc1ccc(C#N)c(Br)c1)CCC(=O)O. The van der Waals surface area contributed by atoms with E-state index >= 15 is 0 Å². The number of hydrogen-bond acceptors (Lipinski definition) is 3. The Labute approximate surface area is 121 Å². The minimum absolute atomic E-state index is 0.226. The predicted molar refractivity (Wildman–Crippen MR) is 78.0 cm³/mol. The summed E-state index contributed by atoms with van der Waals surface area (Å²) in [4.78, 5) is 10.4. The number of aliphatic carboxylic acids is 1. The Morgan fingerprint density at radius 2 is 2.26 bits per heavy atom. The number of hydrogen-bond donors (Lipinski definition) is 2. The number of rotatable bonds is 7. The Balaban J connectivity index is 2.35. The maximum atomic E-state index is 10.4. The maximum absolute atomic E-state index is 10.4. The van der Waals surface area contributed by atoms with Crippen molar-refractivity contribution < 1.29 is 9.90 Å². The minimum Gasteiger partial charge on any atom is -0.481 e. The Bertz CT molecular complexity index is 483. The highest BCUT2D eigenvalue weighted by Crippen LogP contribution is 2.21. The zero-order valence-electron chi connectivity index (χ0n) is 10.8. The summed E-state index contributed by atoms with van der Waals surface area (Å²) in [5, 5.41) is 20.7. The topological polar surface area (TPSA) is 73.1 Å². The van der Waals surface area contributed by atoms with Crippen molar-refractivity contribution in [3.05, 3.63) is 28.2 Å². The molecule has 0 radical (unpaired) electrons. The van der Waals surface area contributed by atoms with Gasteiger partial charge in [0.15, 0.2) is 0 Å². The molecule has 0 spiro atoms. The molecule has 1 aromatic rings. The lowest BCUT2D eigenvalue weighted by atomic mass is 10.0. The molecule has 1 atom stereocenters. The van der Waals surface area contributed by atoms with E-state index in [-0.39, 0.29) is 6.42 Å². The first kappa shape index (κ1) is 15.5. The van der Waals surface area contributed by atoms with Crippen LogP contribution in [0.15, 0.2) is 22.7 Å². The van der Waals surface area contributed by atoms with E-state index in [4.69, 9.17) is 10.4 Å². The Hall–Kier alpha value is -1.54. The summed E-state index contributed by atoms with van der Waals surface area (Å²) >= 11 is 3.34. The Morgan fingerprint density at radius 3 is 2.84 bits per heavy atom. The average Bonchev–Trinajstić information content (AvgIpc) is 2.36. The number of carboxylic acids is 1. The smallest absolute Gasteiger partial charge is 0.303 e. The normalized spacial score (nSPS) is 11.6. The molecule has 1 rings (SSSR count). The third-order valence-electron chi connectivity index (χ3n) is 2.91. The molecular weight excluding hydrogens is 308 g/mol. The molecule has 0 saturated heterocycles. The standard InChI is InChI=1S/C14H17BrN2O2/c1-10(2-5-14(18)19)6-7-17-12-4-3-11(9-16)13(15)8-12/h3-4,8,10,17H,2,5-7H2,1H3,(H,18,19). The third kappa shape index (κ3) is 5.75. The molecule has 1 aromatic carbocycles. The van der Waals surface area contributed by atoms with Crippen LogP contribution in [0.25, 0.3) is 0 Å². The van der Waals surface area contributed by atoms with Crippen molar-refractivity contribution in [2.24, 2.45) is 5.92 Å². The number of nitriles is 1. The lowest BCUT2D eigenvalue weighted by Crippen LogP contribution is -2.08. The molecule has 0 aliphatic heterocycles. The fourth-order valence-electron chi connectivity index (χ4n) is 1.69. The number of nitrogens with one attached hydrogen (secondary N) is 1. The van der Waals surface area contributed by atoms with Gasteiger partial charge in [-0.2, -0.15) is 5.26 Å². The molecule has 0 heterocycles. The fraction of sp³-hybridized carbons (Fsp3) is 0.429. The molecular formula is C14H17BrN2O2. The van der Waals surface area contributed by atoms with Crippen molar-refractivity contribution in [3.63, 3.8) is 0 Å². The van der Waals surface area contributed by atoms with E-state index in [0.717, 1.165) is 23.1 Å². The molecule has 4 nitrogen and oxygen atoms in total. The molecule has 0 aliphatic rings. The molecule has 19 heavy (non-hydrogen) atoms. The van der Waals surface area contributed by atoms with Gasteiger partial charge in [-0.1, -0.05) is 6.92 Å². The molecule has 1 unspecified atom stereocenters. The first-order valence-corrected chi connectivity index (χ1v) is 6.97. The summed E-state index contributed by atoms with van der Waals surface area (Å²) in [5.74, 6) is -0.360. The highest BCUT2D eigenvalue weighted by molar-refractivity contribution is 9.10. The van der Waals surface area contributed by atoms with Crippen molar-refractivity contribution in [3.8, 4) is 6.07 Å². The van der Waals surface area contributed by atoms with Crippen molar-refractivity contribution >= 4 is 27.6 Å². The molecule has 0 bridgehead atoms. The number of halogens is 1. The van der Waals surface area contributed by atoms with Crippen molar-refractivity contribution in [1.82, 2.24) is 0 Å². The molecule has 102 valence electrons. The van der Waals surface area contributed by atoms with Gasteiger partial charge in [-0.3, -0.25) is 4.79 Å². The summed E-state index contributed by atoms with van der Waals surface area (Å²) in [6.45, 7) is 2.85. The monoisotopic (exact) mass is 324 g/mol. The van der Waals surface area contributed by atoms with Gasteiger partial charge in [0.05, 0.1) is 5.56 Å². The zero-order valence-corrected chi connectivity index (χ0v) is 12.4. The van der Waals surface area contributed by atoms with Gasteiger partial charge in [0.25, 0.3) is 0 Å². The van der Waals surface area contributed by atoms with Crippen LogP contribution in [0.4, 0.5) is 5.69 Å². The quantitative estimate of drug-likeness (QED) is 0.803. The van der Waals surface area contributed by atoms with Crippen molar-refractivity contribution in [1.29, 1.82) is 5.26 Å². The summed E-state index contributed by atoms with van der Waals surface area (Å²) < 4.78 is 0.777. The second-order valence-corrected chi connectivity index (χ2v) is 5.41. The van der Waals surface area contributed by atoms with Gasteiger partial charge < -0.3 is 10.4 Å². The number of anilines is 1. The molecule has 0 saturated carbocycles. The van der Waals surface area contributed by atoms with E-state index in [9.17, 15) is 4.79 Å². The second kappa shape index (κ2) is 7.80. The van der Waals surface area contributed by atoms with Crippen LogP contribution in [-0.2, 0) is 4.79 Å². The van der Waals surface area contributed by atoms with Gasteiger partial charge in [-0.25, -0.2) is 0 Å². The summed E-state index contributed by atoms with van der Waals surface area (Å²) in [5.41, 5.74) is 1.57. The average molecular weight is 325 g/mol. The second-order valence-electron chi connectivity index (χ2n) is 4.56. The highest BCUT2D eigenvalue weighted by atomic mass is 79.9. The van der Waals surface area contributed by atoms with Gasteiger partial charge in [-0.15, -0.1) is 0 Å².